The van der Waals surface area contributed by atoms with E-state index in [1.165, 1.54) is 0 Å². The molecular formula is C11H15BrN2O. The van der Waals surface area contributed by atoms with Gasteiger partial charge in [0, 0.05) is 4.47 Å². The Hall–Kier alpha value is -0.870. The lowest BCUT2D eigenvalue weighted by molar-refractivity contribution is -0.120. The second kappa shape index (κ2) is 5.88. The molecule has 1 amide bonds. The predicted molar refractivity (Wildman–Crippen MR) is 64.6 cm³/mol. The molecule has 2 N–H and O–H groups in total. The molecule has 0 bridgehead atoms. The molecule has 0 aliphatic heterocycles. The van der Waals surface area contributed by atoms with E-state index >= 15 is 0 Å². The van der Waals surface area contributed by atoms with Crippen LogP contribution in [-0.2, 0) is 4.79 Å². The van der Waals surface area contributed by atoms with Crippen molar-refractivity contribution in [3.05, 3.63) is 34.3 Å². The van der Waals surface area contributed by atoms with Crippen LogP contribution in [-0.4, -0.2) is 19.5 Å². The Balaban J connectivity index is 2.57. The maximum Gasteiger partial charge on any atom is 0.234 e. The van der Waals surface area contributed by atoms with E-state index in [1.807, 2.05) is 31.2 Å². The molecular weight excluding hydrogens is 256 g/mol. The minimum atomic E-state index is 0.00733. The lowest BCUT2D eigenvalue weighted by atomic mass is 10.1. The number of halogens is 1. The smallest absolute Gasteiger partial charge is 0.234 e. The second-order valence-corrected chi connectivity index (χ2v) is 4.29. The van der Waals surface area contributed by atoms with Crippen LogP contribution in [0.3, 0.4) is 0 Å². The number of hydrogen-bond donors (Lipinski definition) is 2. The number of amides is 1. The Morgan fingerprint density at radius 2 is 2.00 bits per heavy atom. The molecule has 1 rings (SSSR count). The molecule has 0 unspecified atom stereocenters. The van der Waals surface area contributed by atoms with Crippen molar-refractivity contribution in [2.45, 2.75) is 13.0 Å². The molecule has 0 saturated carbocycles. The van der Waals surface area contributed by atoms with Gasteiger partial charge in [0.05, 0.1) is 12.6 Å². The molecule has 1 aromatic rings. The number of likely N-dealkylation sites (N-methyl/N-ethyl adjacent to an activating group) is 1. The predicted octanol–water partition coefficient (Wildman–Crippen LogP) is 1.85. The Morgan fingerprint density at radius 1 is 1.40 bits per heavy atom. The van der Waals surface area contributed by atoms with Crippen LogP contribution in [0, 0.1) is 0 Å². The number of rotatable bonds is 4. The standard InChI is InChI=1S/C11H15BrN2O/c1-8(14-11(15)7-13-2)9-3-5-10(12)6-4-9/h3-6,8,13H,7H2,1-2H3,(H,14,15)/t8-/m1/s1. The van der Waals surface area contributed by atoms with Crippen molar-refractivity contribution in [3.63, 3.8) is 0 Å². The highest BCUT2D eigenvalue weighted by atomic mass is 79.9. The van der Waals surface area contributed by atoms with Crippen LogP contribution in [0.2, 0.25) is 0 Å². The average molecular weight is 271 g/mol. The summed E-state index contributed by atoms with van der Waals surface area (Å²) in [4.78, 5) is 11.3. The van der Waals surface area contributed by atoms with Gasteiger partial charge in [-0.15, -0.1) is 0 Å². The molecule has 15 heavy (non-hydrogen) atoms. The van der Waals surface area contributed by atoms with Crippen molar-refractivity contribution in [3.8, 4) is 0 Å². The fraction of sp³-hybridized carbons (Fsp3) is 0.364. The Labute approximate surface area is 98.4 Å². The van der Waals surface area contributed by atoms with E-state index in [1.54, 1.807) is 7.05 Å². The van der Waals surface area contributed by atoms with Crippen molar-refractivity contribution < 1.29 is 4.79 Å². The highest BCUT2D eigenvalue weighted by Crippen LogP contribution is 2.16. The van der Waals surface area contributed by atoms with Gasteiger partial charge in [-0.1, -0.05) is 28.1 Å². The third-order valence-corrected chi connectivity index (χ3v) is 2.61. The van der Waals surface area contributed by atoms with E-state index in [4.69, 9.17) is 0 Å². The maximum atomic E-state index is 11.3. The zero-order chi connectivity index (χ0) is 11.3. The van der Waals surface area contributed by atoms with E-state index in [-0.39, 0.29) is 11.9 Å². The summed E-state index contributed by atoms with van der Waals surface area (Å²) in [6.07, 6.45) is 0. The van der Waals surface area contributed by atoms with Crippen LogP contribution in [0.15, 0.2) is 28.7 Å². The Kier molecular flexibility index (Phi) is 4.78. The topological polar surface area (TPSA) is 41.1 Å². The normalized spacial score (nSPS) is 12.2. The first-order valence-electron chi connectivity index (χ1n) is 4.83. The average Bonchev–Trinajstić information content (AvgIpc) is 2.18. The fourth-order valence-electron chi connectivity index (χ4n) is 1.29. The van der Waals surface area contributed by atoms with E-state index in [0.29, 0.717) is 6.54 Å². The molecule has 0 aliphatic rings. The van der Waals surface area contributed by atoms with E-state index in [9.17, 15) is 4.79 Å². The molecule has 0 saturated heterocycles. The molecule has 0 aliphatic carbocycles. The molecule has 82 valence electrons. The van der Waals surface area contributed by atoms with Crippen molar-refractivity contribution in [1.82, 2.24) is 10.6 Å². The summed E-state index contributed by atoms with van der Waals surface area (Å²) in [5.41, 5.74) is 1.10. The van der Waals surface area contributed by atoms with Gasteiger partial charge in [-0.2, -0.15) is 0 Å². The van der Waals surface area contributed by atoms with Crippen molar-refractivity contribution in [2.75, 3.05) is 13.6 Å². The van der Waals surface area contributed by atoms with Gasteiger partial charge in [-0.05, 0) is 31.7 Å². The third-order valence-electron chi connectivity index (χ3n) is 2.08. The molecule has 1 aromatic carbocycles. The van der Waals surface area contributed by atoms with Crippen LogP contribution < -0.4 is 10.6 Å². The summed E-state index contributed by atoms with van der Waals surface area (Å²) in [5, 5.41) is 5.71. The maximum absolute atomic E-state index is 11.3. The summed E-state index contributed by atoms with van der Waals surface area (Å²) in [6, 6.07) is 7.97. The van der Waals surface area contributed by atoms with Crippen LogP contribution in [0.4, 0.5) is 0 Å². The van der Waals surface area contributed by atoms with Gasteiger partial charge in [-0.25, -0.2) is 0 Å². The van der Waals surface area contributed by atoms with E-state index in [2.05, 4.69) is 26.6 Å². The van der Waals surface area contributed by atoms with Gasteiger partial charge in [0.2, 0.25) is 5.91 Å². The first-order valence-corrected chi connectivity index (χ1v) is 5.62. The van der Waals surface area contributed by atoms with Gasteiger partial charge in [-0.3, -0.25) is 4.79 Å². The Morgan fingerprint density at radius 3 is 2.53 bits per heavy atom. The number of carbonyl (C=O) groups excluding carboxylic acids is 1. The zero-order valence-corrected chi connectivity index (χ0v) is 10.5. The van der Waals surface area contributed by atoms with Gasteiger partial charge in [0.1, 0.15) is 0 Å². The number of nitrogens with one attached hydrogen (secondary N) is 2. The Bertz CT molecular complexity index is 324. The lowest BCUT2D eigenvalue weighted by Gasteiger charge is -2.14. The molecule has 0 heterocycles. The van der Waals surface area contributed by atoms with E-state index in [0.717, 1.165) is 10.0 Å². The minimum absolute atomic E-state index is 0.00733. The monoisotopic (exact) mass is 270 g/mol. The SMILES string of the molecule is CNCC(=O)N[C@H](C)c1ccc(Br)cc1. The van der Waals surface area contributed by atoms with Crippen molar-refractivity contribution in [2.24, 2.45) is 0 Å². The first kappa shape index (κ1) is 12.2. The van der Waals surface area contributed by atoms with Crippen LogP contribution in [0.1, 0.15) is 18.5 Å². The summed E-state index contributed by atoms with van der Waals surface area (Å²) < 4.78 is 1.04. The summed E-state index contributed by atoms with van der Waals surface area (Å²) in [5.74, 6) is 0.00733. The zero-order valence-electron chi connectivity index (χ0n) is 8.88. The molecule has 0 aromatic heterocycles. The molecule has 0 spiro atoms. The number of hydrogen-bond acceptors (Lipinski definition) is 2. The van der Waals surface area contributed by atoms with Crippen molar-refractivity contribution in [1.29, 1.82) is 0 Å². The third kappa shape index (κ3) is 4.01. The first-order chi connectivity index (χ1) is 7.13. The van der Waals surface area contributed by atoms with Gasteiger partial charge < -0.3 is 10.6 Å². The lowest BCUT2D eigenvalue weighted by Crippen LogP contribution is -2.33. The van der Waals surface area contributed by atoms with Gasteiger partial charge >= 0.3 is 0 Å². The number of carbonyl (C=O) groups is 1. The molecule has 3 nitrogen and oxygen atoms in total. The molecule has 1 atom stereocenters. The van der Waals surface area contributed by atoms with Crippen LogP contribution in [0.25, 0.3) is 0 Å². The quantitative estimate of drug-likeness (QED) is 0.877. The minimum Gasteiger partial charge on any atom is -0.348 e. The largest absolute Gasteiger partial charge is 0.348 e. The molecule has 0 fully saturated rings. The van der Waals surface area contributed by atoms with Gasteiger partial charge in [0.25, 0.3) is 0 Å². The van der Waals surface area contributed by atoms with Crippen molar-refractivity contribution >= 4 is 21.8 Å². The van der Waals surface area contributed by atoms with Crippen LogP contribution in [0.5, 0.6) is 0 Å². The summed E-state index contributed by atoms with van der Waals surface area (Å²) >= 11 is 3.37. The number of benzene rings is 1. The highest BCUT2D eigenvalue weighted by Gasteiger charge is 2.07. The highest BCUT2D eigenvalue weighted by molar-refractivity contribution is 9.10. The molecule has 0 radical (unpaired) electrons. The fourth-order valence-corrected chi connectivity index (χ4v) is 1.55. The van der Waals surface area contributed by atoms with Crippen LogP contribution >= 0.6 is 15.9 Å². The summed E-state index contributed by atoms with van der Waals surface area (Å²) in [7, 11) is 1.75. The molecule has 4 heteroatoms. The van der Waals surface area contributed by atoms with E-state index < -0.39 is 0 Å². The second-order valence-electron chi connectivity index (χ2n) is 3.37. The summed E-state index contributed by atoms with van der Waals surface area (Å²) in [6.45, 7) is 2.32. The van der Waals surface area contributed by atoms with Gasteiger partial charge in [0.15, 0.2) is 0 Å².